The smallest absolute Gasteiger partial charge is 0.0369 e. The van der Waals surface area contributed by atoms with Crippen molar-refractivity contribution in [2.45, 2.75) is 52.4 Å². The molecule has 0 radical (unpaired) electrons. The number of benzene rings is 1. The molecule has 0 aliphatic rings. The zero-order valence-electron chi connectivity index (χ0n) is 11.5. The fourth-order valence-corrected chi connectivity index (χ4v) is 6.45. The van der Waals surface area contributed by atoms with Crippen LogP contribution in [0, 0.1) is 0 Å². The first-order valence-corrected chi connectivity index (χ1v) is 8.93. The number of hydrogen-bond acceptors (Lipinski definition) is 0. The van der Waals surface area contributed by atoms with Crippen LogP contribution in [0.4, 0.5) is 0 Å². The molecule has 0 nitrogen and oxygen atoms in total. The predicted molar refractivity (Wildman–Crippen MR) is 94.6 cm³/mol. The van der Waals surface area contributed by atoms with E-state index in [1.54, 1.807) is 0 Å². The summed E-state index contributed by atoms with van der Waals surface area (Å²) >= 11 is 15.0. The Morgan fingerprint density at radius 3 is 0.778 bits per heavy atom. The van der Waals surface area contributed by atoms with Crippen molar-refractivity contribution in [3.05, 3.63) is 29.0 Å². The van der Waals surface area contributed by atoms with Crippen LogP contribution >= 0.6 is 63.7 Å². The lowest BCUT2D eigenvalue weighted by Gasteiger charge is -2.30. The summed E-state index contributed by atoms with van der Waals surface area (Å²) in [6.07, 6.45) is 0. The fraction of sp³-hybridized carbons (Fsp3) is 0.571. The van der Waals surface area contributed by atoms with Crippen LogP contribution in [-0.2, 0) is 10.8 Å². The Labute approximate surface area is 144 Å². The van der Waals surface area contributed by atoms with Gasteiger partial charge in [-0.05, 0) is 85.7 Å². The maximum Gasteiger partial charge on any atom is 0.0369 e. The molecule has 0 amide bonds. The van der Waals surface area contributed by atoms with E-state index in [1.807, 2.05) is 0 Å². The SMILES string of the molecule is CC(C)(C)c1c(Br)c(Br)c(C(C)(C)C)c(Br)c1Br. The summed E-state index contributed by atoms with van der Waals surface area (Å²) in [5.74, 6) is 0. The van der Waals surface area contributed by atoms with E-state index >= 15 is 0 Å². The molecule has 0 spiro atoms. The van der Waals surface area contributed by atoms with Gasteiger partial charge in [-0.15, -0.1) is 0 Å². The van der Waals surface area contributed by atoms with Crippen LogP contribution in [0.1, 0.15) is 52.7 Å². The third-order valence-electron chi connectivity index (χ3n) is 2.76. The van der Waals surface area contributed by atoms with Gasteiger partial charge in [0.15, 0.2) is 0 Å². The molecule has 0 aliphatic carbocycles. The van der Waals surface area contributed by atoms with Crippen LogP contribution in [0.2, 0.25) is 0 Å². The van der Waals surface area contributed by atoms with E-state index in [-0.39, 0.29) is 10.8 Å². The highest BCUT2D eigenvalue weighted by Gasteiger charge is 2.30. The van der Waals surface area contributed by atoms with Gasteiger partial charge in [0.05, 0.1) is 0 Å². The van der Waals surface area contributed by atoms with E-state index in [4.69, 9.17) is 0 Å². The second-order valence-electron chi connectivity index (χ2n) is 6.51. The maximum atomic E-state index is 3.75. The summed E-state index contributed by atoms with van der Waals surface area (Å²) in [5.41, 5.74) is 2.68. The zero-order chi connectivity index (χ0) is 14.5. The maximum absolute atomic E-state index is 3.75. The minimum Gasteiger partial charge on any atom is -0.0560 e. The Morgan fingerprint density at radius 2 is 0.667 bits per heavy atom. The molecule has 0 aliphatic heterocycles. The van der Waals surface area contributed by atoms with Gasteiger partial charge in [0.1, 0.15) is 0 Å². The quantitative estimate of drug-likeness (QED) is 0.324. The Balaban J connectivity index is 3.79. The molecular formula is C14H18Br4. The van der Waals surface area contributed by atoms with Gasteiger partial charge in [-0.1, -0.05) is 41.5 Å². The average molecular weight is 506 g/mol. The summed E-state index contributed by atoms with van der Waals surface area (Å²) < 4.78 is 4.54. The molecule has 4 heteroatoms. The molecule has 18 heavy (non-hydrogen) atoms. The monoisotopic (exact) mass is 502 g/mol. The van der Waals surface area contributed by atoms with E-state index in [1.165, 1.54) is 11.1 Å². The summed E-state index contributed by atoms with van der Waals surface area (Å²) in [7, 11) is 0. The van der Waals surface area contributed by atoms with E-state index in [9.17, 15) is 0 Å². The highest BCUT2D eigenvalue weighted by Crippen LogP contribution is 2.49. The number of hydrogen-bond donors (Lipinski definition) is 0. The Hall–Kier alpha value is 1.14. The molecule has 0 saturated heterocycles. The lowest BCUT2D eigenvalue weighted by molar-refractivity contribution is 0.565. The molecule has 0 N–H and O–H groups in total. The summed E-state index contributed by atoms with van der Waals surface area (Å²) in [4.78, 5) is 0. The minimum atomic E-state index is 0.0686. The van der Waals surface area contributed by atoms with Crippen LogP contribution in [0.3, 0.4) is 0 Å². The lowest BCUT2D eigenvalue weighted by atomic mass is 9.82. The van der Waals surface area contributed by atoms with E-state index in [2.05, 4.69) is 105 Å². The van der Waals surface area contributed by atoms with Gasteiger partial charge in [0.2, 0.25) is 0 Å². The molecule has 0 aromatic heterocycles. The van der Waals surface area contributed by atoms with Crippen molar-refractivity contribution in [3.8, 4) is 0 Å². The van der Waals surface area contributed by atoms with E-state index in [0.717, 1.165) is 17.9 Å². The summed E-state index contributed by atoms with van der Waals surface area (Å²) in [6, 6.07) is 0. The van der Waals surface area contributed by atoms with Gasteiger partial charge in [-0.2, -0.15) is 0 Å². The van der Waals surface area contributed by atoms with Gasteiger partial charge < -0.3 is 0 Å². The molecule has 1 rings (SSSR count). The Morgan fingerprint density at radius 1 is 0.500 bits per heavy atom. The first-order chi connectivity index (χ1) is 7.89. The van der Waals surface area contributed by atoms with Crippen molar-refractivity contribution in [1.82, 2.24) is 0 Å². The van der Waals surface area contributed by atoms with Crippen molar-refractivity contribution >= 4 is 63.7 Å². The third kappa shape index (κ3) is 3.24. The first-order valence-electron chi connectivity index (χ1n) is 5.76. The third-order valence-corrected chi connectivity index (χ3v) is 7.00. The van der Waals surface area contributed by atoms with Gasteiger partial charge in [-0.3, -0.25) is 0 Å². The molecule has 1 aromatic rings. The van der Waals surface area contributed by atoms with Gasteiger partial charge in [0.25, 0.3) is 0 Å². The molecule has 0 saturated carbocycles. The second-order valence-corrected chi connectivity index (χ2v) is 9.68. The molecule has 0 unspecified atom stereocenters. The molecular weight excluding hydrogens is 488 g/mol. The summed E-state index contributed by atoms with van der Waals surface area (Å²) in [6.45, 7) is 13.3. The van der Waals surface area contributed by atoms with E-state index in [0.29, 0.717) is 0 Å². The molecule has 0 bridgehead atoms. The van der Waals surface area contributed by atoms with Crippen molar-refractivity contribution in [2.24, 2.45) is 0 Å². The second kappa shape index (κ2) is 5.50. The predicted octanol–water partition coefficient (Wildman–Crippen LogP) is 7.33. The van der Waals surface area contributed by atoms with Crippen LogP contribution in [0.5, 0.6) is 0 Å². The van der Waals surface area contributed by atoms with Crippen LogP contribution in [-0.4, -0.2) is 0 Å². The largest absolute Gasteiger partial charge is 0.0560 e. The molecule has 0 heterocycles. The zero-order valence-corrected chi connectivity index (χ0v) is 17.9. The Kier molecular flexibility index (Phi) is 5.25. The molecule has 0 fully saturated rings. The minimum absolute atomic E-state index is 0.0686. The van der Waals surface area contributed by atoms with Gasteiger partial charge in [0, 0.05) is 17.9 Å². The van der Waals surface area contributed by atoms with E-state index < -0.39 is 0 Å². The summed E-state index contributed by atoms with van der Waals surface area (Å²) in [5, 5.41) is 0. The van der Waals surface area contributed by atoms with Crippen molar-refractivity contribution in [1.29, 1.82) is 0 Å². The molecule has 1 aromatic carbocycles. The van der Waals surface area contributed by atoms with Crippen molar-refractivity contribution in [3.63, 3.8) is 0 Å². The van der Waals surface area contributed by atoms with Crippen LogP contribution < -0.4 is 0 Å². The first kappa shape index (κ1) is 17.2. The van der Waals surface area contributed by atoms with Crippen molar-refractivity contribution in [2.75, 3.05) is 0 Å². The molecule has 0 atom stereocenters. The van der Waals surface area contributed by atoms with Crippen LogP contribution in [0.15, 0.2) is 17.9 Å². The lowest BCUT2D eigenvalue weighted by Crippen LogP contribution is -2.19. The number of halogens is 4. The highest BCUT2D eigenvalue weighted by molar-refractivity contribution is 9.14. The van der Waals surface area contributed by atoms with Gasteiger partial charge >= 0.3 is 0 Å². The fourth-order valence-electron chi connectivity index (χ4n) is 1.95. The standard InChI is InChI=1S/C14H18Br4/c1-13(2,3)7-9(15)11(17)8(14(4,5)6)12(18)10(7)16/h1-6H3. The Bertz CT molecular complexity index is 402. The highest BCUT2D eigenvalue weighted by atomic mass is 79.9. The van der Waals surface area contributed by atoms with Crippen molar-refractivity contribution < 1.29 is 0 Å². The topological polar surface area (TPSA) is 0 Å². The van der Waals surface area contributed by atoms with Crippen LogP contribution in [0.25, 0.3) is 0 Å². The van der Waals surface area contributed by atoms with Gasteiger partial charge in [-0.25, -0.2) is 0 Å². The normalized spacial score (nSPS) is 13.0. The number of rotatable bonds is 0. The average Bonchev–Trinajstić information content (AvgIpc) is 2.10. The molecule has 102 valence electrons.